The van der Waals surface area contributed by atoms with Crippen molar-refractivity contribution >= 4 is 35.1 Å². The Bertz CT molecular complexity index is 1040. The van der Waals surface area contributed by atoms with Gasteiger partial charge in [0.15, 0.2) is 6.61 Å². The molecule has 1 aromatic heterocycles. The molecule has 0 radical (unpaired) electrons. The number of hydrogen-bond acceptors (Lipinski definition) is 5. The number of nitrogens with one attached hydrogen (secondary N) is 2. The molecular weight excluding hydrogens is 382 g/mol. The van der Waals surface area contributed by atoms with Crippen LogP contribution in [0.1, 0.15) is 18.0 Å². The summed E-state index contributed by atoms with van der Waals surface area (Å²) >= 11 is 6.03. The molecule has 0 saturated heterocycles. The Hall–Kier alpha value is -3.39. The SMILES string of the molecule is O=C(COc1cccc([C@H]2CC(=O)Nc3ncnn32)c1)Nc1ccccc1Cl. The molecule has 9 heteroatoms. The van der Waals surface area contributed by atoms with E-state index in [9.17, 15) is 9.59 Å². The summed E-state index contributed by atoms with van der Waals surface area (Å²) in [6.07, 6.45) is 1.64. The fourth-order valence-corrected chi connectivity index (χ4v) is 3.16. The number of aromatic nitrogens is 3. The average molecular weight is 398 g/mol. The van der Waals surface area contributed by atoms with Gasteiger partial charge in [-0.2, -0.15) is 10.1 Å². The van der Waals surface area contributed by atoms with Gasteiger partial charge in [-0.05, 0) is 29.8 Å². The minimum absolute atomic E-state index is 0.129. The predicted molar refractivity (Wildman–Crippen MR) is 103 cm³/mol. The minimum atomic E-state index is -0.325. The van der Waals surface area contributed by atoms with Crippen molar-refractivity contribution < 1.29 is 14.3 Å². The maximum absolute atomic E-state index is 12.1. The number of nitrogens with zero attached hydrogens (tertiary/aromatic N) is 3. The molecule has 1 atom stereocenters. The van der Waals surface area contributed by atoms with Crippen LogP contribution in [0.15, 0.2) is 54.9 Å². The Kier molecular flexibility index (Phi) is 4.94. The van der Waals surface area contributed by atoms with Crippen LogP contribution in [0.3, 0.4) is 0 Å². The van der Waals surface area contributed by atoms with Crippen LogP contribution >= 0.6 is 11.6 Å². The zero-order valence-corrected chi connectivity index (χ0v) is 15.4. The van der Waals surface area contributed by atoms with E-state index in [-0.39, 0.29) is 30.9 Å². The molecule has 3 aromatic rings. The van der Waals surface area contributed by atoms with Gasteiger partial charge in [-0.3, -0.25) is 14.9 Å². The first-order chi connectivity index (χ1) is 13.6. The molecule has 0 aliphatic carbocycles. The van der Waals surface area contributed by atoms with E-state index in [1.54, 1.807) is 47.1 Å². The van der Waals surface area contributed by atoms with Gasteiger partial charge in [0, 0.05) is 0 Å². The lowest BCUT2D eigenvalue weighted by molar-refractivity contribution is -0.118. The van der Waals surface area contributed by atoms with E-state index in [0.717, 1.165) is 5.56 Å². The zero-order chi connectivity index (χ0) is 19.5. The predicted octanol–water partition coefficient (Wildman–Crippen LogP) is 2.88. The number of fused-ring (bicyclic) bond motifs is 1. The van der Waals surface area contributed by atoms with Crippen LogP contribution in [0.2, 0.25) is 5.02 Å². The first-order valence-electron chi connectivity index (χ1n) is 8.56. The van der Waals surface area contributed by atoms with E-state index >= 15 is 0 Å². The van der Waals surface area contributed by atoms with Crippen molar-refractivity contribution in [2.24, 2.45) is 0 Å². The first-order valence-corrected chi connectivity index (χ1v) is 8.94. The fraction of sp³-hybridized carbons (Fsp3) is 0.158. The monoisotopic (exact) mass is 397 g/mol. The van der Waals surface area contributed by atoms with Crippen LogP contribution in [-0.2, 0) is 9.59 Å². The number of rotatable bonds is 5. The molecule has 2 heterocycles. The average Bonchev–Trinajstić information content (AvgIpc) is 3.16. The quantitative estimate of drug-likeness (QED) is 0.689. The third-order valence-electron chi connectivity index (χ3n) is 4.26. The summed E-state index contributed by atoms with van der Waals surface area (Å²) < 4.78 is 7.26. The van der Waals surface area contributed by atoms with Gasteiger partial charge in [-0.25, -0.2) is 4.68 Å². The molecule has 2 amide bonds. The Morgan fingerprint density at radius 3 is 3.00 bits per heavy atom. The smallest absolute Gasteiger partial charge is 0.262 e. The Balaban J connectivity index is 1.44. The molecule has 0 fully saturated rings. The summed E-state index contributed by atoms with van der Waals surface area (Å²) in [6.45, 7) is -0.172. The molecule has 2 N–H and O–H groups in total. The van der Waals surface area contributed by atoms with Crippen LogP contribution in [0.4, 0.5) is 11.6 Å². The van der Waals surface area contributed by atoms with Crippen molar-refractivity contribution in [2.45, 2.75) is 12.5 Å². The second-order valence-electron chi connectivity index (χ2n) is 6.19. The highest BCUT2D eigenvalue weighted by Crippen LogP contribution is 2.30. The van der Waals surface area contributed by atoms with Gasteiger partial charge >= 0.3 is 0 Å². The number of para-hydroxylation sites is 1. The number of carbonyl (C=O) groups is 2. The highest BCUT2D eigenvalue weighted by Gasteiger charge is 2.27. The molecular formula is C19H16ClN5O3. The van der Waals surface area contributed by atoms with Crippen molar-refractivity contribution in [3.63, 3.8) is 0 Å². The van der Waals surface area contributed by atoms with E-state index < -0.39 is 0 Å². The summed E-state index contributed by atoms with van der Waals surface area (Å²) in [5.41, 5.74) is 1.36. The Morgan fingerprint density at radius 2 is 2.14 bits per heavy atom. The van der Waals surface area contributed by atoms with Crippen LogP contribution in [-0.4, -0.2) is 33.2 Å². The molecule has 0 unspecified atom stereocenters. The number of hydrogen-bond donors (Lipinski definition) is 2. The van der Waals surface area contributed by atoms with Gasteiger partial charge in [-0.1, -0.05) is 35.9 Å². The van der Waals surface area contributed by atoms with E-state index in [1.165, 1.54) is 6.33 Å². The van der Waals surface area contributed by atoms with Crippen LogP contribution in [0.5, 0.6) is 5.75 Å². The molecule has 142 valence electrons. The van der Waals surface area contributed by atoms with Gasteiger partial charge in [0.05, 0.1) is 23.2 Å². The number of anilines is 2. The first kappa shape index (κ1) is 18.0. The van der Waals surface area contributed by atoms with Crippen molar-refractivity contribution in [2.75, 3.05) is 17.2 Å². The lowest BCUT2D eigenvalue weighted by Crippen LogP contribution is -2.29. The van der Waals surface area contributed by atoms with Crippen molar-refractivity contribution in [1.82, 2.24) is 14.8 Å². The van der Waals surface area contributed by atoms with Gasteiger partial charge in [0.25, 0.3) is 5.91 Å². The summed E-state index contributed by atoms with van der Waals surface area (Å²) in [7, 11) is 0. The van der Waals surface area contributed by atoms with E-state index in [4.69, 9.17) is 16.3 Å². The van der Waals surface area contributed by atoms with Crippen LogP contribution in [0, 0.1) is 0 Å². The molecule has 8 nitrogen and oxygen atoms in total. The topological polar surface area (TPSA) is 98.1 Å². The standard InChI is InChI=1S/C19H16ClN5O3/c20-14-6-1-2-7-15(14)23-18(27)10-28-13-5-3-4-12(8-13)16-9-17(26)24-19-21-11-22-25(16)19/h1-8,11,16H,9-10H2,(H,23,27)(H,21,22,24,26)/t16-/m1/s1. The molecule has 0 bridgehead atoms. The summed E-state index contributed by atoms with van der Waals surface area (Å²) in [6, 6.07) is 13.9. The Morgan fingerprint density at radius 1 is 1.29 bits per heavy atom. The lowest BCUT2D eigenvalue weighted by atomic mass is 10.0. The summed E-state index contributed by atoms with van der Waals surface area (Å²) in [5, 5.41) is 10.0. The molecule has 0 saturated carbocycles. The number of amides is 2. The van der Waals surface area contributed by atoms with Gasteiger partial charge in [0.1, 0.15) is 12.1 Å². The maximum Gasteiger partial charge on any atom is 0.262 e. The molecule has 2 aromatic carbocycles. The maximum atomic E-state index is 12.1. The summed E-state index contributed by atoms with van der Waals surface area (Å²) in [5.74, 6) is 0.469. The second kappa shape index (κ2) is 7.69. The van der Waals surface area contributed by atoms with Crippen LogP contribution < -0.4 is 15.4 Å². The molecule has 0 spiro atoms. The fourth-order valence-electron chi connectivity index (χ4n) is 2.97. The largest absolute Gasteiger partial charge is 0.484 e. The summed E-state index contributed by atoms with van der Waals surface area (Å²) in [4.78, 5) is 28.1. The van der Waals surface area contributed by atoms with Crippen molar-refractivity contribution in [3.05, 3.63) is 65.4 Å². The van der Waals surface area contributed by atoms with Gasteiger partial charge in [0.2, 0.25) is 11.9 Å². The van der Waals surface area contributed by atoms with E-state index in [0.29, 0.717) is 22.4 Å². The van der Waals surface area contributed by atoms with E-state index in [1.807, 2.05) is 6.07 Å². The number of carbonyl (C=O) groups excluding carboxylic acids is 2. The van der Waals surface area contributed by atoms with Crippen LogP contribution in [0.25, 0.3) is 0 Å². The zero-order valence-electron chi connectivity index (χ0n) is 14.6. The Labute approximate surface area is 165 Å². The highest BCUT2D eigenvalue weighted by atomic mass is 35.5. The normalized spacial score (nSPS) is 15.5. The van der Waals surface area contributed by atoms with E-state index in [2.05, 4.69) is 20.7 Å². The number of halogens is 1. The molecule has 4 rings (SSSR count). The van der Waals surface area contributed by atoms with Crippen molar-refractivity contribution in [3.8, 4) is 5.75 Å². The molecule has 28 heavy (non-hydrogen) atoms. The third kappa shape index (κ3) is 3.81. The minimum Gasteiger partial charge on any atom is -0.484 e. The highest BCUT2D eigenvalue weighted by molar-refractivity contribution is 6.33. The lowest BCUT2D eigenvalue weighted by Gasteiger charge is -2.24. The molecule has 1 aliphatic rings. The molecule has 1 aliphatic heterocycles. The van der Waals surface area contributed by atoms with Crippen molar-refractivity contribution in [1.29, 1.82) is 0 Å². The second-order valence-corrected chi connectivity index (χ2v) is 6.59. The van der Waals surface area contributed by atoms with Gasteiger partial charge in [-0.15, -0.1) is 0 Å². The number of benzene rings is 2. The third-order valence-corrected chi connectivity index (χ3v) is 4.59. The van der Waals surface area contributed by atoms with Gasteiger partial charge < -0.3 is 10.1 Å². The number of ether oxygens (including phenoxy) is 1.